The minimum absolute atomic E-state index is 0.0480. The zero-order valence-electron chi connectivity index (χ0n) is 32.9. The Kier molecular flexibility index (Phi) is 16.8. The molecule has 3 aromatic carbocycles. The molecule has 10 nitrogen and oxygen atoms in total. The summed E-state index contributed by atoms with van der Waals surface area (Å²) in [5.41, 5.74) is 6.02. The maximum Gasteiger partial charge on any atom is 0.255 e. The smallest absolute Gasteiger partial charge is 0.255 e. The van der Waals surface area contributed by atoms with Crippen LogP contribution in [-0.4, -0.2) is 80.9 Å². The van der Waals surface area contributed by atoms with Gasteiger partial charge in [0.1, 0.15) is 0 Å². The Morgan fingerprint density at radius 3 is 2.27 bits per heavy atom. The third-order valence-corrected chi connectivity index (χ3v) is 10.0. The maximum atomic E-state index is 13.5. The van der Waals surface area contributed by atoms with Crippen LogP contribution in [0.25, 0.3) is 11.3 Å². The predicted molar refractivity (Wildman–Crippen MR) is 220 cm³/mol. The number of amides is 2. The van der Waals surface area contributed by atoms with Crippen molar-refractivity contribution in [2.75, 3.05) is 58.2 Å². The van der Waals surface area contributed by atoms with Crippen molar-refractivity contribution in [1.29, 1.82) is 0 Å². The lowest BCUT2D eigenvalue weighted by Crippen LogP contribution is -2.31. The van der Waals surface area contributed by atoms with Crippen LogP contribution in [0.1, 0.15) is 89.9 Å². The van der Waals surface area contributed by atoms with Crippen LogP contribution >= 0.6 is 11.6 Å². The zero-order chi connectivity index (χ0) is 39.8. The maximum absolute atomic E-state index is 13.5. The van der Waals surface area contributed by atoms with E-state index in [4.69, 9.17) is 30.5 Å². The lowest BCUT2D eigenvalue weighted by molar-refractivity contribution is -0.0129. The molecule has 1 unspecified atom stereocenters. The third kappa shape index (κ3) is 13.5. The van der Waals surface area contributed by atoms with Gasteiger partial charge >= 0.3 is 0 Å². The Bertz CT molecular complexity index is 1860. The number of nitrogens with one attached hydrogen (secondary N) is 2. The molecule has 1 heterocycles. The Morgan fingerprint density at radius 2 is 1.52 bits per heavy atom. The second-order valence-electron chi connectivity index (χ2n) is 15.1. The largest absolute Gasteiger partial charge is 0.392 e. The first kappa shape index (κ1) is 43.0. The van der Waals surface area contributed by atoms with Crippen LogP contribution in [0.4, 0.5) is 5.69 Å². The van der Waals surface area contributed by atoms with Crippen molar-refractivity contribution in [2.24, 2.45) is 5.41 Å². The minimum atomic E-state index is -0.385. The fourth-order valence-corrected chi connectivity index (χ4v) is 6.70. The molecule has 0 fully saturated rings. The second-order valence-corrected chi connectivity index (χ2v) is 15.6. The van der Waals surface area contributed by atoms with Gasteiger partial charge in [0.05, 0.1) is 63.2 Å². The number of aryl methyl sites for hydroxylation is 2. The summed E-state index contributed by atoms with van der Waals surface area (Å²) in [4.78, 5) is 31.5. The lowest BCUT2D eigenvalue weighted by atomic mass is 9.87. The first-order valence-corrected chi connectivity index (χ1v) is 20.0. The number of rotatable bonds is 21. The molecule has 1 aliphatic carbocycles. The molecule has 11 heteroatoms. The number of aliphatic hydroxyl groups is 1. The van der Waals surface area contributed by atoms with Gasteiger partial charge in [-0.3, -0.25) is 14.6 Å². The van der Waals surface area contributed by atoms with Crippen LogP contribution < -0.4 is 10.6 Å². The average Bonchev–Trinajstić information content (AvgIpc) is 3.19. The average molecular weight is 786 g/mol. The number of pyridine rings is 1. The highest BCUT2D eigenvalue weighted by molar-refractivity contribution is 6.31. The number of fused-ring (bicyclic) bond motifs is 1. The van der Waals surface area contributed by atoms with E-state index in [1.165, 1.54) is 11.1 Å². The number of nitrogens with zero attached hydrogens (tertiary/aromatic N) is 1. The van der Waals surface area contributed by atoms with Gasteiger partial charge in [-0.05, 0) is 103 Å². The Balaban J connectivity index is 1.02. The van der Waals surface area contributed by atoms with E-state index in [9.17, 15) is 14.7 Å². The van der Waals surface area contributed by atoms with Crippen molar-refractivity contribution in [3.8, 4) is 11.3 Å². The molecular weight excluding hydrogens is 730 g/mol. The summed E-state index contributed by atoms with van der Waals surface area (Å²) in [5.74, 6) is -0.441. The number of halogens is 1. The molecule has 4 aromatic rings. The van der Waals surface area contributed by atoms with Gasteiger partial charge < -0.3 is 34.7 Å². The van der Waals surface area contributed by atoms with E-state index in [0.717, 1.165) is 37.7 Å². The first-order chi connectivity index (χ1) is 27.1. The van der Waals surface area contributed by atoms with Crippen molar-refractivity contribution in [3.63, 3.8) is 0 Å². The van der Waals surface area contributed by atoms with Crippen LogP contribution in [0.2, 0.25) is 5.02 Å². The van der Waals surface area contributed by atoms with Crippen molar-refractivity contribution in [1.82, 2.24) is 10.3 Å². The van der Waals surface area contributed by atoms with E-state index in [0.29, 0.717) is 92.4 Å². The lowest BCUT2D eigenvalue weighted by Gasteiger charge is -2.26. The van der Waals surface area contributed by atoms with E-state index >= 15 is 0 Å². The topological polar surface area (TPSA) is 128 Å². The SMILES string of the molecule is CC(C)(C)C(O)CCOCCOCCOCCOCCCc1cccc(C(=O)Nc2ccc(Cl)cc2-c2cc(C(=O)N[C@H]3CCCc4ccccc43)ccn2)c1. The summed E-state index contributed by atoms with van der Waals surface area (Å²) < 4.78 is 22.4. The molecule has 0 radical (unpaired) electrons. The number of hydrogen-bond donors (Lipinski definition) is 3. The van der Waals surface area contributed by atoms with Crippen LogP contribution in [0.15, 0.2) is 85.1 Å². The number of anilines is 1. The molecule has 0 saturated carbocycles. The first-order valence-electron chi connectivity index (χ1n) is 19.6. The highest BCUT2D eigenvalue weighted by Gasteiger charge is 2.23. The molecule has 5 rings (SSSR count). The molecule has 56 heavy (non-hydrogen) atoms. The highest BCUT2D eigenvalue weighted by Crippen LogP contribution is 2.32. The van der Waals surface area contributed by atoms with Crippen LogP contribution in [-0.2, 0) is 31.8 Å². The van der Waals surface area contributed by atoms with E-state index in [1.807, 2.05) is 51.1 Å². The van der Waals surface area contributed by atoms with Gasteiger partial charge in [-0.25, -0.2) is 0 Å². The number of hydrogen-bond acceptors (Lipinski definition) is 8. The number of carbonyl (C=O) groups is 2. The molecule has 3 N–H and O–H groups in total. The van der Waals surface area contributed by atoms with Crippen molar-refractivity contribution < 1.29 is 33.6 Å². The molecule has 2 amide bonds. The summed E-state index contributed by atoms with van der Waals surface area (Å²) in [7, 11) is 0. The fraction of sp³-hybridized carbons (Fsp3) is 0.444. The quantitative estimate of drug-likeness (QED) is 0.0721. The van der Waals surface area contributed by atoms with Crippen LogP contribution in [0.5, 0.6) is 0 Å². The highest BCUT2D eigenvalue weighted by atomic mass is 35.5. The molecule has 0 saturated heterocycles. The van der Waals surface area contributed by atoms with E-state index < -0.39 is 0 Å². The van der Waals surface area contributed by atoms with Gasteiger partial charge in [0.15, 0.2) is 0 Å². The Hall–Kier alpha value is -4.16. The molecule has 0 aliphatic heterocycles. The summed E-state index contributed by atoms with van der Waals surface area (Å²) in [6.45, 7) is 10.0. The van der Waals surface area contributed by atoms with Gasteiger partial charge in [0, 0.05) is 41.1 Å². The fourth-order valence-electron chi connectivity index (χ4n) is 6.53. The summed E-state index contributed by atoms with van der Waals surface area (Å²) >= 11 is 6.42. The van der Waals surface area contributed by atoms with E-state index in [1.54, 1.807) is 42.6 Å². The van der Waals surface area contributed by atoms with Crippen LogP contribution in [0.3, 0.4) is 0 Å². The van der Waals surface area contributed by atoms with Gasteiger partial charge in [0.2, 0.25) is 0 Å². The molecule has 2 atom stereocenters. The van der Waals surface area contributed by atoms with E-state index in [-0.39, 0.29) is 29.4 Å². The van der Waals surface area contributed by atoms with Gasteiger partial charge in [-0.1, -0.05) is 68.8 Å². The molecule has 0 bridgehead atoms. The predicted octanol–water partition coefficient (Wildman–Crippen LogP) is 8.26. The van der Waals surface area contributed by atoms with Crippen molar-refractivity contribution >= 4 is 29.1 Å². The van der Waals surface area contributed by atoms with Gasteiger partial charge in [-0.2, -0.15) is 0 Å². The van der Waals surface area contributed by atoms with Crippen LogP contribution in [0, 0.1) is 5.41 Å². The number of carbonyl (C=O) groups excluding carboxylic acids is 2. The van der Waals surface area contributed by atoms with Gasteiger partial charge in [-0.15, -0.1) is 0 Å². The second kappa shape index (κ2) is 22.0. The van der Waals surface area contributed by atoms with E-state index in [2.05, 4.69) is 27.8 Å². The normalized spacial score (nSPS) is 14.6. The summed E-state index contributed by atoms with van der Waals surface area (Å²) in [5, 5.41) is 16.8. The number of ether oxygens (including phenoxy) is 4. The van der Waals surface area contributed by atoms with Crippen molar-refractivity contribution in [3.05, 3.63) is 118 Å². The molecule has 1 aromatic heterocycles. The standard InChI is InChI=1S/C45H56ClN3O7/c1-45(2,3)42(50)19-22-54-24-26-56-28-27-55-25-23-53-21-8-10-32-9-6-13-34(29-32)43(51)49-40-17-16-36(46)31-38(40)41-30-35(18-20-47-41)44(52)48-39-15-7-12-33-11-4-5-14-37(33)39/h4-6,9,11,13-14,16-18,20,29-31,39,42,50H,7-8,10,12,15,19,21-28H2,1-3H3,(H,48,52)(H,49,51)/t39-,42?/m0/s1. The summed E-state index contributed by atoms with van der Waals surface area (Å²) in [6.07, 6.45) is 6.30. The molecule has 300 valence electrons. The molecular formula is C45H56ClN3O7. The zero-order valence-corrected chi connectivity index (χ0v) is 33.6. The minimum Gasteiger partial charge on any atom is -0.392 e. The van der Waals surface area contributed by atoms with Gasteiger partial charge in [0.25, 0.3) is 11.8 Å². The van der Waals surface area contributed by atoms with Crippen molar-refractivity contribution in [2.45, 2.75) is 71.4 Å². The molecule has 0 spiro atoms. The number of benzene rings is 3. The Labute approximate surface area is 336 Å². The Morgan fingerprint density at radius 1 is 0.821 bits per heavy atom. The number of aliphatic hydroxyl groups excluding tert-OH is 1. The number of aromatic nitrogens is 1. The monoisotopic (exact) mass is 785 g/mol. The molecule has 1 aliphatic rings. The third-order valence-electron chi connectivity index (χ3n) is 9.80. The summed E-state index contributed by atoms with van der Waals surface area (Å²) in [6, 6.07) is 24.4.